The van der Waals surface area contributed by atoms with Crippen LogP contribution in [0, 0.1) is 5.82 Å². The molecule has 0 radical (unpaired) electrons. The topological polar surface area (TPSA) is 97.4 Å². The van der Waals surface area contributed by atoms with Crippen molar-refractivity contribution in [3.8, 4) is 11.5 Å². The summed E-state index contributed by atoms with van der Waals surface area (Å²) in [4.78, 5) is 16.2. The van der Waals surface area contributed by atoms with Crippen LogP contribution in [-0.4, -0.2) is 24.8 Å². The van der Waals surface area contributed by atoms with Crippen LogP contribution in [0.4, 0.5) is 10.1 Å². The van der Waals surface area contributed by atoms with Gasteiger partial charge in [-0.05, 0) is 74.9 Å². The number of nitrogens with zero attached hydrogens (tertiary/aromatic N) is 1. The molecule has 0 atom stereocenters. The van der Waals surface area contributed by atoms with Gasteiger partial charge in [0, 0.05) is 23.5 Å². The van der Waals surface area contributed by atoms with E-state index in [4.69, 9.17) is 4.74 Å². The van der Waals surface area contributed by atoms with Gasteiger partial charge >= 0.3 is 0 Å². The fourth-order valence-corrected chi connectivity index (χ4v) is 4.26. The van der Waals surface area contributed by atoms with Crippen molar-refractivity contribution in [2.24, 2.45) is 0 Å². The van der Waals surface area contributed by atoms with Crippen LogP contribution in [0.1, 0.15) is 26.3 Å². The fourth-order valence-electron chi connectivity index (χ4n) is 2.80. The summed E-state index contributed by atoms with van der Waals surface area (Å²) in [5, 5.41) is 2.60. The average molecular weight is 470 g/mol. The Bertz CT molecular complexity index is 1270. The molecule has 3 rings (SSSR count). The van der Waals surface area contributed by atoms with E-state index in [0.717, 1.165) is 0 Å². The molecular formula is C24H24FN3O4S. The first-order chi connectivity index (χ1) is 15.5. The number of aromatic nitrogens is 1. The molecule has 0 fully saturated rings. The highest BCUT2D eigenvalue weighted by Gasteiger charge is 2.22. The molecule has 0 saturated carbocycles. The van der Waals surface area contributed by atoms with Gasteiger partial charge in [-0.1, -0.05) is 12.1 Å². The van der Waals surface area contributed by atoms with Crippen molar-refractivity contribution in [3.05, 3.63) is 84.4 Å². The van der Waals surface area contributed by atoms with Crippen LogP contribution in [-0.2, 0) is 14.8 Å². The number of hydrogen-bond donors (Lipinski definition) is 2. The second-order valence-corrected chi connectivity index (χ2v) is 9.87. The molecule has 0 bridgehead atoms. The van der Waals surface area contributed by atoms with Crippen molar-refractivity contribution in [1.29, 1.82) is 0 Å². The van der Waals surface area contributed by atoms with Crippen LogP contribution in [0.25, 0.3) is 6.08 Å². The van der Waals surface area contributed by atoms with E-state index in [2.05, 4.69) is 15.0 Å². The number of hydrogen-bond acceptors (Lipinski definition) is 5. The second-order valence-electron chi connectivity index (χ2n) is 8.19. The number of ether oxygens (including phenoxy) is 1. The Kier molecular flexibility index (Phi) is 7.25. The zero-order valence-electron chi connectivity index (χ0n) is 18.4. The van der Waals surface area contributed by atoms with E-state index in [1.807, 2.05) is 0 Å². The van der Waals surface area contributed by atoms with E-state index in [0.29, 0.717) is 17.0 Å². The Balaban J connectivity index is 1.66. The molecule has 1 heterocycles. The number of nitrogens with one attached hydrogen (secondary N) is 2. The van der Waals surface area contributed by atoms with E-state index in [1.165, 1.54) is 48.7 Å². The number of carbonyl (C=O) groups excluding carboxylic acids is 1. The Morgan fingerprint density at radius 3 is 2.55 bits per heavy atom. The molecule has 0 unspecified atom stereocenters. The van der Waals surface area contributed by atoms with Gasteiger partial charge in [0.15, 0.2) is 11.6 Å². The standard InChI is InChI=1S/C24H24FN3O4S/c1-24(2,3)28-33(30,31)20-8-4-6-18(15-20)27-23(29)12-10-17-9-11-22(21(25)14-17)32-19-7-5-13-26-16-19/h4-16,28H,1-3H3,(H,27,29)/b12-10+. The number of sulfonamides is 1. The third-order valence-electron chi connectivity index (χ3n) is 4.10. The monoisotopic (exact) mass is 469 g/mol. The van der Waals surface area contributed by atoms with Gasteiger partial charge in [0.05, 0.1) is 11.1 Å². The van der Waals surface area contributed by atoms with Gasteiger partial charge < -0.3 is 10.1 Å². The number of amides is 1. The third kappa shape index (κ3) is 7.23. The highest BCUT2D eigenvalue weighted by Crippen LogP contribution is 2.25. The number of rotatable bonds is 7. The lowest BCUT2D eigenvalue weighted by molar-refractivity contribution is -0.111. The van der Waals surface area contributed by atoms with Crippen LogP contribution < -0.4 is 14.8 Å². The van der Waals surface area contributed by atoms with E-state index >= 15 is 0 Å². The average Bonchev–Trinajstić information content (AvgIpc) is 2.73. The van der Waals surface area contributed by atoms with Crippen molar-refractivity contribution >= 4 is 27.7 Å². The van der Waals surface area contributed by atoms with Crippen molar-refractivity contribution in [2.75, 3.05) is 5.32 Å². The van der Waals surface area contributed by atoms with Gasteiger partial charge in [0.25, 0.3) is 0 Å². The van der Waals surface area contributed by atoms with Gasteiger partial charge in [0.2, 0.25) is 15.9 Å². The van der Waals surface area contributed by atoms with E-state index < -0.39 is 27.3 Å². The second kappa shape index (κ2) is 9.93. The number of pyridine rings is 1. The minimum Gasteiger partial charge on any atom is -0.453 e. The number of carbonyl (C=O) groups is 1. The Morgan fingerprint density at radius 2 is 1.88 bits per heavy atom. The molecule has 2 N–H and O–H groups in total. The van der Waals surface area contributed by atoms with Crippen LogP contribution in [0.2, 0.25) is 0 Å². The molecule has 7 nitrogen and oxygen atoms in total. The maximum atomic E-state index is 14.3. The summed E-state index contributed by atoms with van der Waals surface area (Å²) in [6.07, 6.45) is 5.72. The van der Waals surface area contributed by atoms with Gasteiger partial charge in [0.1, 0.15) is 5.75 Å². The van der Waals surface area contributed by atoms with Crippen LogP contribution >= 0.6 is 0 Å². The van der Waals surface area contributed by atoms with Gasteiger partial charge in [-0.25, -0.2) is 17.5 Å². The predicted molar refractivity (Wildman–Crippen MR) is 125 cm³/mol. The summed E-state index contributed by atoms with van der Waals surface area (Å²) in [6.45, 7) is 5.21. The van der Waals surface area contributed by atoms with Crippen molar-refractivity contribution in [2.45, 2.75) is 31.2 Å². The maximum Gasteiger partial charge on any atom is 0.248 e. The normalized spacial score (nSPS) is 12.0. The minimum atomic E-state index is -3.74. The molecule has 0 aliphatic heterocycles. The molecule has 2 aromatic carbocycles. The minimum absolute atomic E-state index is 0.0329. The molecule has 9 heteroatoms. The quantitative estimate of drug-likeness (QED) is 0.487. The molecule has 3 aromatic rings. The number of anilines is 1. The molecule has 0 aliphatic rings. The summed E-state index contributed by atoms with van der Waals surface area (Å²) in [6, 6.07) is 13.5. The largest absolute Gasteiger partial charge is 0.453 e. The highest BCUT2D eigenvalue weighted by atomic mass is 32.2. The summed E-state index contributed by atoms with van der Waals surface area (Å²) >= 11 is 0. The molecule has 0 spiro atoms. The highest BCUT2D eigenvalue weighted by molar-refractivity contribution is 7.89. The molecule has 0 saturated heterocycles. The predicted octanol–water partition coefficient (Wildman–Crippen LogP) is 4.74. The summed E-state index contributed by atoms with van der Waals surface area (Å²) in [5.74, 6) is -0.650. The van der Waals surface area contributed by atoms with Gasteiger partial charge in [-0.2, -0.15) is 0 Å². The SMILES string of the molecule is CC(C)(C)NS(=O)(=O)c1cccc(NC(=O)/C=C/c2ccc(Oc3cccnc3)c(F)c2)c1. The maximum absolute atomic E-state index is 14.3. The van der Waals surface area contributed by atoms with Crippen LogP contribution in [0.5, 0.6) is 11.5 Å². The van der Waals surface area contributed by atoms with Crippen LogP contribution in [0.3, 0.4) is 0 Å². The van der Waals surface area contributed by atoms with Crippen LogP contribution in [0.15, 0.2) is 78.0 Å². The van der Waals surface area contributed by atoms with E-state index in [9.17, 15) is 17.6 Å². The Hall–Kier alpha value is -3.56. The number of benzene rings is 2. The van der Waals surface area contributed by atoms with E-state index in [-0.39, 0.29) is 10.6 Å². The van der Waals surface area contributed by atoms with Crippen molar-refractivity contribution in [3.63, 3.8) is 0 Å². The molecular weight excluding hydrogens is 445 g/mol. The summed E-state index contributed by atoms with van der Waals surface area (Å²) < 4.78 is 47.3. The Morgan fingerprint density at radius 1 is 1.09 bits per heavy atom. The molecule has 1 aromatic heterocycles. The van der Waals surface area contributed by atoms with Gasteiger partial charge in [-0.15, -0.1) is 0 Å². The molecule has 172 valence electrons. The van der Waals surface area contributed by atoms with Crippen molar-refractivity contribution in [1.82, 2.24) is 9.71 Å². The Labute approximate surface area is 192 Å². The first-order valence-electron chi connectivity index (χ1n) is 10.0. The smallest absolute Gasteiger partial charge is 0.248 e. The van der Waals surface area contributed by atoms with Crippen molar-refractivity contribution < 1.29 is 22.3 Å². The lowest BCUT2D eigenvalue weighted by Gasteiger charge is -2.20. The lowest BCUT2D eigenvalue weighted by Crippen LogP contribution is -2.40. The first-order valence-corrected chi connectivity index (χ1v) is 11.5. The number of halogens is 1. The lowest BCUT2D eigenvalue weighted by atomic mass is 10.1. The zero-order valence-corrected chi connectivity index (χ0v) is 19.2. The molecule has 33 heavy (non-hydrogen) atoms. The summed E-state index contributed by atoms with van der Waals surface area (Å²) in [5.41, 5.74) is 0.119. The first kappa shape index (κ1) is 24.1. The van der Waals surface area contributed by atoms with E-state index in [1.54, 1.807) is 51.2 Å². The van der Waals surface area contributed by atoms with Gasteiger partial charge in [-0.3, -0.25) is 9.78 Å². The third-order valence-corrected chi connectivity index (χ3v) is 5.85. The molecule has 0 aliphatic carbocycles. The fraction of sp³-hybridized carbons (Fsp3) is 0.167. The zero-order chi connectivity index (χ0) is 24.1. The molecule has 1 amide bonds. The summed E-state index contributed by atoms with van der Waals surface area (Å²) in [7, 11) is -3.74.